The van der Waals surface area contributed by atoms with E-state index in [9.17, 15) is 9.90 Å². The van der Waals surface area contributed by atoms with Gasteiger partial charge in [0.1, 0.15) is 0 Å². The van der Waals surface area contributed by atoms with E-state index in [2.05, 4.69) is 15.2 Å². The van der Waals surface area contributed by atoms with Crippen molar-refractivity contribution in [2.24, 2.45) is 5.92 Å². The first-order valence-electron chi connectivity index (χ1n) is 8.41. The highest BCUT2D eigenvalue weighted by molar-refractivity contribution is 5.76. The van der Waals surface area contributed by atoms with E-state index in [1.807, 2.05) is 18.2 Å². The van der Waals surface area contributed by atoms with Crippen molar-refractivity contribution in [1.29, 1.82) is 0 Å². The SMILES string of the molecule is O=C(CCN1CCOCC1)NC(c1ccccn1)C1CC(O)C1. The molecule has 1 atom stereocenters. The molecule has 1 amide bonds. The predicted molar refractivity (Wildman–Crippen MR) is 85.7 cm³/mol. The maximum absolute atomic E-state index is 12.3. The molecule has 23 heavy (non-hydrogen) atoms. The first-order chi connectivity index (χ1) is 11.2. The average Bonchev–Trinajstić information content (AvgIpc) is 2.57. The highest BCUT2D eigenvalue weighted by Gasteiger charge is 2.36. The number of carbonyl (C=O) groups excluding carboxylic acids is 1. The molecule has 126 valence electrons. The Balaban J connectivity index is 1.54. The molecule has 1 saturated carbocycles. The van der Waals surface area contributed by atoms with E-state index in [1.54, 1.807) is 6.20 Å². The molecule has 0 spiro atoms. The van der Waals surface area contributed by atoms with Crippen LogP contribution in [0.2, 0.25) is 0 Å². The van der Waals surface area contributed by atoms with Gasteiger partial charge in [0.25, 0.3) is 0 Å². The van der Waals surface area contributed by atoms with Gasteiger partial charge in [-0.3, -0.25) is 14.7 Å². The number of nitrogens with one attached hydrogen (secondary N) is 1. The van der Waals surface area contributed by atoms with Gasteiger partial charge in [-0.15, -0.1) is 0 Å². The number of rotatable bonds is 6. The van der Waals surface area contributed by atoms with Crippen molar-refractivity contribution in [3.63, 3.8) is 0 Å². The topological polar surface area (TPSA) is 74.7 Å². The van der Waals surface area contributed by atoms with Crippen LogP contribution in [0.5, 0.6) is 0 Å². The van der Waals surface area contributed by atoms with E-state index in [0.29, 0.717) is 6.42 Å². The van der Waals surface area contributed by atoms with Crippen LogP contribution in [0, 0.1) is 5.92 Å². The number of morpholine rings is 1. The zero-order valence-electron chi connectivity index (χ0n) is 13.4. The largest absolute Gasteiger partial charge is 0.393 e. The molecule has 0 aromatic carbocycles. The van der Waals surface area contributed by atoms with Crippen molar-refractivity contribution < 1.29 is 14.6 Å². The van der Waals surface area contributed by atoms with Gasteiger partial charge < -0.3 is 15.2 Å². The Bertz CT molecular complexity index is 499. The lowest BCUT2D eigenvalue weighted by molar-refractivity contribution is -0.123. The second kappa shape index (κ2) is 7.86. The highest BCUT2D eigenvalue weighted by Crippen LogP contribution is 2.37. The molecular formula is C17H25N3O3. The van der Waals surface area contributed by atoms with Crippen LogP contribution in [-0.4, -0.2) is 59.8 Å². The fourth-order valence-electron chi connectivity index (χ4n) is 3.23. The number of pyridine rings is 1. The summed E-state index contributed by atoms with van der Waals surface area (Å²) in [7, 11) is 0. The lowest BCUT2D eigenvalue weighted by Crippen LogP contribution is -2.43. The minimum Gasteiger partial charge on any atom is -0.393 e. The summed E-state index contributed by atoms with van der Waals surface area (Å²) in [4.78, 5) is 19.0. The molecule has 1 unspecified atom stereocenters. The first kappa shape index (κ1) is 16.4. The molecule has 1 aliphatic heterocycles. The fraction of sp³-hybridized carbons (Fsp3) is 0.647. The van der Waals surface area contributed by atoms with Crippen LogP contribution in [-0.2, 0) is 9.53 Å². The van der Waals surface area contributed by atoms with Crippen molar-refractivity contribution in [2.45, 2.75) is 31.4 Å². The van der Waals surface area contributed by atoms with Crippen LogP contribution in [0.4, 0.5) is 0 Å². The van der Waals surface area contributed by atoms with Crippen LogP contribution in [0.1, 0.15) is 31.0 Å². The Labute approximate surface area is 136 Å². The summed E-state index contributed by atoms with van der Waals surface area (Å²) in [6, 6.07) is 5.65. The Morgan fingerprint density at radius 3 is 2.83 bits per heavy atom. The second-order valence-corrected chi connectivity index (χ2v) is 6.39. The van der Waals surface area contributed by atoms with E-state index in [-0.39, 0.29) is 24.0 Å². The third-order valence-electron chi connectivity index (χ3n) is 4.70. The normalized spacial score (nSPS) is 26.3. The fourth-order valence-corrected chi connectivity index (χ4v) is 3.23. The second-order valence-electron chi connectivity index (χ2n) is 6.39. The van der Waals surface area contributed by atoms with E-state index in [4.69, 9.17) is 4.74 Å². The van der Waals surface area contributed by atoms with Crippen molar-refractivity contribution in [3.05, 3.63) is 30.1 Å². The minimum absolute atomic E-state index is 0.0496. The molecule has 1 aromatic rings. The smallest absolute Gasteiger partial charge is 0.221 e. The van der Waals surface area contributed by atoms with Crippen LogP contribution >= 0.6 is 0 Å². The van der Waals surface area contributed by atoms with Gasteiger partial charge in [0, 0.05) is 32.3 Å². The minimum atomic E-state index is -0.239. The summed E-state index contributed by atoms with van der Waals surface area (Å²) in [5, 5.41) is 12.7. The van der Waals surface area contributed by atoms with E-state index in [1.165, 1.54) is 0 Å². The highest BCUT2D eigenvalue weighted by atomic mass is 16.5. The summed E-state index contributed by atoms with van der Waals surface area (Å²) in [6.07, 6.45) is 3.45. The van der Waals surface area contributed by atoms with Gasteiger partial charge in [-0.25, -0.2) is 0 Å². The Kier molecular flexibility index (Phi) is 5.59. The molecule has 2 N–H and O–H groups in total. The van der Waals surface area contributed by atoms with Crippen molar-refractivity contribution in [2.75, 3.05) is 32.8 Å². The average molecular weight is 319 g/mol. The molecule has 2 fully saturated rings. The van der Waals surface area contributed by atoms with Crippen molar-refractivity contribution in [3.8, 4) is 0 Å². The first-order valence-corrected chi connectivity index (χ1v) is 8.41. The lowest BCUT2D eigenvalue weighted by Gasteiger charge is -2.37. The molecule has 3 rings (SSSR count). The van der Waals surface area contributed by atoms with Crippen LogP contribution in [0.15, 0.2) is 24.4 Å². The van der Waals surface area contributed by atoms with Gasteiger partial charge in [0.05, 0.1) is 31.1 Å². The summed E-state index contributed by atoms with van der Waals surface area (Å²) < 4.78 is 5.32. The zero-order valence-corrected chi connectivity index (χ0v) is 13.4. The van der Waals surface area contributed by atoms with Crippen LogP contribution in [0.3, 0.4) is 0 Å². The molecule has 1 saturated heterocycles. The molecule has 6 heteroatoms. The molecule has 0 bridgehead atoms. The lowest BCUT2D eigenvalue weighted by atomic mass is 9.76. The van der Waals surface area contributed by atoms with E-state index >= 15 is 0 Å². The Morgan fingerprint density at radius 1 is 1.39 bits per heavy atom. The maximum atomic E-state index is 12.3. The number of nitrogens with zero attached hydrogens (tertiary/aromatic N) is 2. The number of aliphatic hydroxyl groups excluding tert-OH is 1. The number of amides is 1. The Hall–Kier alpha value is -1.50. The Morgan fingerprint density at radius 2 is 2.17 bits per heavy atom. The van der Waals surface area contributed by atoms with Gasteiger partial charge in [-0.05, 0) is 30.9 Å². The molecular weight excluding hydrogens is 294 g/mol. The summed E-state index contributed by atoms with van der Waals surface area (Å²) >= 11 is 0. The number of carbonyl (C=O) groups is 1. The molecule has 0 radical (unpaired) electrons. The van der Waals surface area contributed by atoms with E-state index < -0.39 is 0 Å². The molecule has 1 aromatic heterocycles. The third kappa shape index (κ3) is 4.50. The molecule has 2 heterocycles. The molecule has 1 aliphatic carbocycles. The van der Waals surface area contributed by atoms with Crippen LogP contribution in [0.25, 0.3) is 0 Å². The summed E-state index contributed by atoms with van der Waals surface area (Å²) in [5.74, 6) is 0.320. The number of hydrogen-bond donors (Lipinski definition) is 2. The van der Waals surface area contributed by atoms with Gasteiger partial charge in [-0.2, -0.15) is 0 Å². The van der Waals surface area contributed by atoms with Gasteiger partial charge in [0.2, 0.25) is 5.91 Å². The summed E-state index contributed by atoms with van der Waals surface area (Å²) in [5.41, 5.74) is 0.879. The number of aliphatic hydroxyl groups is 1. The third-order valence-corrected chi connectivity index (χ3v) is 4.70. The zero-order chi connectivity index (χ0) is 16.1. The van der Waals surface area contributed by atoms with Gasteiger partial charge in [0.15, 0.2) is 0 Å². The molecule has 2 aliphatic rings. The summed E-state index contributed by atoms with van der Waals surface area (Å²) in [6.45, 7) is 4.05. The number of ether oxygens (including phenoxy) is 1. The van der Waals surface area contributed by atoms with Gasteiger partial charge in [-0.1, -0.05) is 6.07 Å². The van der Waals surface area contributed by atoms with Crippen molar-refractivity contribution in [1.82, 2.24) is 15.2 Å². The van der Waals surface area contributed by atoms with Crippen LogP contribution < -0.4 is 5.32 Å². The number of hydrogen-bond acceptors (Lipinski definition) is 5. The van der Waals surface area contributed by atoms with E-state index in [0.717, 1.165) is 51.4 Å². The van der Waals surface area contributed by atoms with Gasteiger partial charge >= 0.3 is 0 Å². The van der Waals surface area contributed by atoms with Crippen molar-refractivity contribution >= 4 is 5.91 Å². The monoisotopic (exact) mass is 319 g/mol. The maximum Gasteiger partial charge on any atom is 0.221 e. The standard InChI is InChI=1S/C17H25N3O3/c21-14-11-13(12-14)17(15-3-1-2-5-18-15)19-16(22)4-6-20-7-9-23-10-8-20/h1-3,5,13-14,17,21H,4,6-12H2,(H,19,22). The predicted octanol–water partition coefficient (Wildman–Crippen LogP) is 0.732. The number of aromatic nitrogens is 1. The quantitative estimate of drug-likeness (QED) is 0.809. The molecule has 6 nitrogen and oxygen atoms in total.